The van der Waals surface area contributed by atoms with E-state index >= 15 is 0 Å². The van der Waals surface area contributed by atoms with Crippen molar-refractivity contribution in [3.05, 3.63) is 65.4 Å². The van der Waals surface area contributed by atoms with Gasteiger partial charge in [-0.1, -0.05) is 0 Å². The number of anilines is 2. The molecule has 3 aromatic rings. The van der Waals surface area contributed by atoms with E-state index in [1.807, 2.05) is 0 Å². The van der Waals surface area contributed by atoms with Crippen LogP contribution in [0.25, 0.3) is 5.69 Å². The smallest absolute Gasteiger partial charge is 0.716 e. The SMILES string of the molecule is [2H]c1c([2H])c(-n2nc(C(N)=O)c3c2C(=O)N(c2ccc(N4CCCCC4=O)cc2)CC3)c([2H])c([2H])c1OS(=O)(=O)[O-].[Na+]. The minimum Gasteiger partial charge on any atom is -0.716 e. The van der Waals surface area contributed by atoms with Crippen molar-refractivity contribution >= 4 is 39.5 Å². The maximum atomic E-state index is 13.8. The minimum atomic E-state index is -5.44. The van der Waals surface area contributed by atoms with E-state index in [4.69, 9.17) is 11.2 Å². The summed E-state index contributed by atoms with van der Waals surface area (Å²) < 4.78 is 71.1. The van der Waals surface area contributed by atoms with Crippen LogP contribution in [-0.2, 0) is 21.6 Å². The zero-order chi connectivity index (χ0) is 29.8. The Labute approximate surface area is 246 Å². The number of rotatable bonds is 6. The van der Waals surface area contributed by atoms with E-state index in [1.54, 1.807) is 29.2 Å². The molecule has 0 atom stereocenters. The molecule has 0 radical (unpaired) electrons. The van der Waals surface area contributed by atoms with Gasteiger partial charge in [-0.15, -0.1) is 0 Å². The van der Waals surface area contributed by atoms with Crippen LogP contribution in [0.4, 0.5) is 11.4 Å². The average Bonchev–Trinajstić information content (AvgIpc) is 3.31. The van der Waals surface area contributed by atoms with Crippen molar-refractivity contribution in [2.24, 2.45) is 5.73 Å². The van der Waals surface area contributed by atoms with Gasteiger partial charge in [0.05, 0.1) is 11.2 Å². The number of aromatic nitrogens is 2. The zero-order valence-corrected chi connectivity index (χ0v) is 23.0. The van der Waals surface area contributed by atoms with E-state index in [0.29, 0.717) is 24.3 Å². The monoisotopic (exact) mass is 551 g/mol. The number of hydrogen-bond donors (Lipinski definition) is 1. The van der Waals surface area contributed by atoms with Gasteiger partial charge in [0.2, 0.25) is 5.91 Å². The predicted molar refractivity (Wildman–Crippen MR) is 130 cm³/mol. The first-order chi connectivity index (χ1) is 19.3. The molecule has 1 saturated heterocycles. The maximum Gasteiger partial charge on any atom is 1.00 e. The molecule has 0 aliphatic carbocycles. The second-order valence-corrected chi connectivity index (χ2v) is 9.33. The van der Waals surface area contributed by atoms with Crippen molar-refractivity contribution in [2.45, 2.75) is 25.7 Å². The molecule has 3 amide bonds. The molecular weight excluding hydrogens is 525 g/mol. The number of nitrogens with zero attached hydrogens (tertiary/aromatic N) is 4. The maximum absolute atomic E-state index is 13.8. The zero-order valence-electron chi connectivity index (χ0n) is 24.2. The van der Waals surface area contributed by atoms with Crippen LogP contribution in [0.2, 0.25) is 0 Å². The minimum absolute atomic E-state index is 0. The molecule has 5 rings (SSSR count). The van der Waals surface area contributed by atoms with Crippen LogP contribution in [0.1, 0.15) is 51.3 Å². The van der Waals surface area contributed by atoms with E-state index in [1.165, 1.54) is 4.90 Å². The summed E-state index contributed by atoms with van der Waals surface area (Å²) in [5, 5.41) is 4.05. The summed E-state index contributed by atoms with van der Waals surface area (Å²) in [6.45, 7) is 0.702. The molecule has 2 N–H and O–H groups in total. The largest absolute Gasteiger partial charge is 1.00 e. The van der Waals surface area contributed by atoms with Crippen LogP contribution in [0, 0.1) is 0 Å². The Morgan fingerprint density at radius 2 is 1.61 bits per heavy atom. The van der Waals surface area contributed by atoms with Crippen LogP contribution < -0.4 is 49.3 Å². The summed E-state index contributed by atoms with van der Waals surface area (Å²) in [6, 6.07) is 2.92. The predicted octanol–water partition coefficient (Wildman–Crippen LogP) is -1.47. The van der Waals surface area contributed by atoms with Crippen molar-refractivity contribution in [3.63, 3.8) is 0 Å². The number of benzene rings is 2. The number of primary amides is 1. The third kappa shape index (κ3) is 5.47. The summed E-state index contributed by atoms with van der Waals surface area (Å²) in [4.78, 5) is 41.4. The second kappa shape index (κ2) is 10.9. The summed E-state index contributed by atoms with van der Waals surface area (Å²) in [5.74, 6) is -2.80. The molecule has 2 aliphatic heterocycles. The van der Waals surface area contributed by atoms with Crippen molar-refractivity contribution in [1.82, 2.24) is 9.78 Å². The fourth-order valence-electron chi connectivity index (χ4n) is 4.40. The van der Waals surface area contributed by atoms with Gasteiger partial charge in [0.25, 0.3) is 22.2 Å². The van der Waals surface area contributed by atoms with E-state index < -0.39 is 57.8 Å². The quantitative estimate of drug-likeness (QED) is 0.220. The summed E-state index contributed by atoms with van der Waals surface area (Å²) in [5.41, 5.74) is 5.60. The van der Waals surface area contributed by atoms with Gasteiger partial charge in [0.15, 0.2) is 5.69 Å². The normalized spacial score (nSPS) is 17.1. The Morgan fingerprint density at radius 1 is 0.974 bits per heavy atom. The summed E-state index contributed by atoms with van der Waals surface area (Å²) >= 11 is 0. The number of carbonyl (C=O) groups is 3. The second-order valence-electron chi connectivity index (χ2n) is 8.35. The molecule has 1 aromatic heterocycles. The Kier molecular flexibility index (Phi) is 6.50. The summed E-state index contributed by atoms with van der Waals surface area (Å²) in [6.07, 6.45) is 2.26. The molecule has 2 aromatic carbocycles. The number of piperidine rings is 1. The number of amides is 3. The number of hydrogen-bond acceptors (Lipinski definition) is 8. The Bertz CT molecular complexity index is 1700. The topological polar surface area (TPSA) is 168 Å². The first-order valence-corrected chi connectivity index (χ1v) is 12.5. The third-order valence-electron chi connectivity index (χ3n) is 6.03. The number of nitrogens with two attached hydrogens (primary N) is 1. The van der Waals surface area contributed by atoms with Gasteiger partial charge >= 0.3 is 29.6 Å². The average molecular weight is 552 g/mol. The third-order valence-corrected chi connectivity index (χ3v) is 6.40. The Hall–Kier alpha value is -3.23. The first kappa shape index (κ1) is 22.7. The first-order valence-electron chi connectivity index (χ1n) is 13.2. The molecule has 192 valence electrons. The molecular formula is C24H22N5NaO7S. The molecule has 0 saturated carbocycles. The van der Waals surface area contributed by atoms with E-state index in [-0.39, 0.29) is 65.4 Å². The van der Waals surface area contributed by atoms with Crippen molar-refractivity contribution < 1.29 is 66.6 Å². The fraction of sp³-hybridized carbons (Fsp3) is 0.250. The van der Waals surface area contributed by atoms with Crippen LogP contribution in [0.15, 0.2) is 48.4 Å². The Morgan fingerprint density at radius 3 is 2.18 bits per heavy atom. The van der Waals surface area contributed by atoms with Crippen LogP contribution in [0.3, 0.4) is 0 Å². The van der Waals surface area contributed by atoms with Crippen LogP contribution in [0.5, 0.6) is 5.75 Å². The fourth-order valence-corrected chi connectivity index (χ4v) is 4.69. The van der Waals surface area contributed by atoms with E-state index in [0.717, 1.165) is 17.5 Å². The van der Waals surface area contributed by atoms with Gasteiger partial charge in [-0.05, 0) is 67.7 Å². The standard InChI is InChI=1S/C24H23N5O7S.Na/c25-23(31)21-19-12-14-28(16-6-4-15(5-7-16)27-13-2-1-3-20(27)30)24(32)22(19)29(26-21)17-8-10-18(11-9-17)36-37(33,34)35;/h4-11H,1-3,12-14H2,(H2,25,31)(H,33,34,35);/q;+1/p-1/i8D,9D,10D,11D;. The van der Waals surface area contributed by atoms with Crippen LogP contribution in [-0.4, -0.2) is 53.6 Å². The number of fused-ring (bicyclic) bond motifs is 1. The van der Waals surface area contributed by atoms with Gasteiger partial charge < -0.3 is 24.3 Å². The summed E-state index contributed by atoms with van der Waals surface area (Å²) in [7, 11) is -5.44. The Balaban J connectivity index is 0.00000405. The van der Waals surface area contributed by atoms with E-state index in [2.05, 4.69) is 9.28 Å². The molecule has 1 fully saturated rings. The van der Waals surface area contributed by atoms with Gasteiger partial charge in [0.1, 0.15) is 11.4 Å². The van der Waals surface area contributed by atoms with Gasteiger partial charge in [0, 0.05) is 36.4 Å². The van der Waals surface area contributed by atoms with Crippen molar-refractivity contribution in [2.75, 3.05) is 22.9 Å². The molecule has 2 aliphatic rings. The molecule has 14 heteroatoms. The van der Waals surface area contributed by atoms with Gasteiger partial charge in [-0.3, -0.25) is 14.4 Å². The van der Waals surface area contributed by atoms with Crippen LogP contribution >= 0.6 is 0 Å². The molecule has 0 unspecified atom stereocenters. The van der Waals surface area contributed by atoms with Crippen molar-refractivity contribution in [1.29, 1.82) is 0 Å². The molecule has 12 nitrogen and oxygen atoms in total. The molecule has 0 bridgehead atoms. The van der Waals surface area contributed by atoms with Gasteiger partial charge in [-0.25, -0.2) is 13.1 Å². The van der Waals surface area contributed by atoms with Crippen molar-refractivity contribution in [3.8, 4) is 11.4 Å². The van der Waals surface area contributed by atoms with Gasteiger partial charge in [-0.2, -0.15) is 5.10 Å². The molecule has 38 heavy (non-hydrogen) atoms. The molecule has 3 heterocycles. The van der Waals surface area contributed by atoms with E-state index in [9.17, 15) is 27.4 Å². The number of carbonyl (C=O) groups excluding carboxylic acids is 3. The molecule has 0 spiro atoms.